The van der Waals surface area contributed by atoms with E-state index < -0.39 is 15.8 Å². The highest BCUT2D eigenvalue weighted by molar-refractivity contribution is 7.92. The van der Waals surface area contributed by atoms with Crippen molar-refractivity contribution >= 4 is 15.8 Å². The smallest absolute Gasteiger partial charge is 0.235 e. The van der Waals surface area contributed by atoms with Gasteiger partial charge in [-0.25, -0.2) is 17.8 Å². The Morgan fingerprint density at radius 2 is 2.12 bits per heavy atom. The zero-order chi connectivity index (χ0) is 12.9. The minimum Gasteiger partial charge on any atom is -0.313 e. The molecule has 0 atom stereocenters. The first-order valence-corrected chi connectivity index (χ1v) is 6.90. The minimum atomic E-state index is -3.44. The van der Waals surface area contributed by atoms with Gasteiger partial charge in [-0.3, -0.25) is 4.72 Å². The fourth-order valence-electron chi connectivity index (χ4n) is 1.13. The van der Waals surface area contributed by atoms with Crippen molar-refractivity contribution in [3.63, 3.8) is 0 Å². The molecule has 0 aliphatic carbocycles. The summed E-state index contributed by atoms with van der Waals surface area (Å²) in [5.41, 5.74) is 0. The van der Waals surface area contributed by atoms with E-state index >= 15 is 0 Å². The Balaban J connectivity index is 2.52. The molecule has 96 valence electrons. The molecule has 0 aliphatic heterocycles. The molecule has 1 heterocycles. The average molecular weight is 261 g/mol. The summed E-state index contributed by atoms with van der Waals surface area (Å²) in [5.74, 6) is -0.435. The third-order valence-corrected chi connectivity index (χ3v) is 3.17. The summed E-state index contributed by atoms with van der Waals surface area (Å²) in [6.45, 7) is 4.22. The molecule has 2 N–H and O–H groups in total. The van der Waals surface area contributed by atoms with Gasteiger partial charge >= 0.3 is 0 Å². The summed E-state index contributed by atoms with van der Waals surface area (Å²) in [7, 11) is -3.44. The topological polar surface area (TPSA) is 71.1 Å². The minimum absolute atomic E-state index is 0.0514. The molecule has 0 aromatic carbocycles. The number of nitrogens with one attached hydrogen (secondary N) is 2. The fourth-order valence-corrected chi connectivity index (χ4v) is 2.06. The van der Waals surface area contributed by atoms with Gasteiger partial charge in [-0.05, 0) is 12.1 Å². The Kier molecular flexibility index (Phi) is 4.83. The van der Waals surface area contributed by atoms with Crippen molar-refractivity contribution in [3.05, 3.63) is 24.1 Å². The quantitative estimate of drug-likeness (QED) is 0.800. The third-order valence-electron chi connectivity index (χ3n) is 1.91. The molecule has 1 rings (SSSR count). The highest BCUT2D eigenvalue weighted by atomic mass is 32.2. The van der Waals surface area contributed by atoms with Gasteiger partial charge < -0.3 is 5.32 Å². The van der Waals surface area contributed by atoms with Gasteiger partial charge in [0.2, 0.25) is 10.0 Å². The number of pyridine rings is 1. The summed E-state index contributed by atoms with van der Waals surface area (Å²) in [6, 6.07) is 2.66. The Morgan fingerprint density at radius 3 is 2.65 bits per heavy atom. The Labute approximate surface area is 101 Å². The van der Waals surface area contributed by atoms with Gasteiger partial charge in [-0.15, -0.1) is 0 Å². The molecule has 0 radical (unpaired) electrons. The summed E-state index contributed by atoms with van der Waals surface area (Å²) in [4.78, 5) is 3.62. The maximum Gasteiger partial charge on any atom is 0.235 e. The van der Waals surface area contributed by atoms with Crippen LogP contribution in [0.1, 0.15) is 13.8 Å². The lowest BCUT2D eigenvalue weighted by molar-refractivity contribution is 0.581. The van der Waals surface area contributed by atoms with E-state index in [0.29, 0.717) is 6.54 Å². The molecular weight excluding hydrogens is 245 g/mol. The van der Waals surface area contributed by atoms with Crippen LogP contribution in [0.25, 0.3) is 0 Å². The molecule has 1 aromatic heterocycles. The predicted octanol–water partition coefficient (Wildman–Crippen LogP) is 0.960. The van der Waals surface area contributed by atoms with Gasteiger partial charge in [0.05, 0.1) is 11.9 Å². The molecule has 0 saturated carbocycles. The molecule has 17 heavy (non-hydrogen) atoms. The van der Waals surface area contributed by atoms with Gasteiger partial charge in [0.15, 0.2) is 0 Å². The van der Waals surface area contributed by atoms with Crippen molar-refractivity contribution in [3.8, 4) is 0 Å². The van der Waals surface area contributed by atoms with Gasteiger partial charge in [-0.2, -0.15) is 0 Å². The highest BCUT2D eigenvalue weighted by Gasteiger charge is 2.10. The lowest BCUT2D eigenvalue weighted by atomic mass is 10.4. The van der Waals surface area contributed by atoms with Gasteiger partial charge in [-0.1, -0.05) is 13.8 Å². The lowest BCUT2D eigenvalue weighted by Crippen LogP contribution is -2.31. The first-order valence-electron chi connectivity index (χ1n) is 5.24. The molecule has 0 amide bonds. The van der Waals surface area contributed by atoms with Gasteiger partial charge in [0.1, 0.15) is 11.6 Å². The van der Waals surface area contributed by atoms with Crippen LogP contribution in [0.3, 0.4) is 0 Å². The fraction of sp³-hybridized carbons (Fsp3) is 0.500. The van der Waals surface area contributed by atoms with E-state index in [2.05, 4.69) is 15.0 Å². The van der Waals surface area contributed by atoms with Crippen LogP contribution in [-0.2, 0) is 10.0 Å². The van der Waals surface area contributed by atoms with Crippen LogP contribution in [0.15, 0.2) is 18.3 Å². The van der Waals surface area contributed by atoms with E-state index in [4.69, 9.17) is 0 Å². The zero-order valence-corrected chi connectivity index (χ0v) is 10.6. The van der Waals surface area contributed by atoms with Gasteiger partial charge in [0, 0.05) is 12.6 Å². The number of hydrogen-bond donors (Lipinski definition) is 2. The Morgan fingerprint density at radius 1 is 1.41 bits per heavy atom. The first kappa shape index (κ1) is 13.9. The molecule has 0 unspecified atom stereocenters. The predicted molar refractivity (Wildman–Crippen MR) is 64.7 cm³/mol. The van der Waals surface area contributed by atoms with Crippen LogP contribution in [0, 0.1) is 5.82 Å². The summed E-state index contributed by atoms with van der Waals surface area (Å²) >= 11 is 0. The van der Waals surface area contributed by atoms with E-state index in [9.17, 15) is 12.8 Å². The van der Waals surface area contributed by atoms with Crippen molar-refractivity contribution in [2.45, 2.75) is 19.9 Å². The summed E-state index contributed by atoms with van der Waals surface area (Å²) in [5, 5.41) is 3.00. The van der Waals surface area contributed by atoms with Crippen LogP contribution in [-0.4, -0.2) is 31.7 Å². The Hall–Kier alpha value is -1.21. The van der Waals surface area contributed by atoms with Crippen LogP contribution in [0.5, 0.6) is 0 Å². The number of nitrogens with zero attached hydrogens (tertiary/aromatic N) is 1. The number of halogens is 1. The zero-order valence-electron chi connectivity index (χ0n) is 9.77. The first-order chi connectivity index (χ1) is 7.89. The number of rotatable bonds is 6. The molecule has 5 nitrogen and oxygen atoms in total. The van der Waals surface area contributed by atoms with Crippen molar-refractivity contribution in [1.29, 1.82) is 0 Å². The second-order valence-corrected chi connectivity index (χ2v) is 5.73. The number of sulfonamides is 1. The van der Waals surface area contributed by atoms with Crippen LogP contribution >= 0.6 is 0 Å². The molecule has 0 spiro atoms. The van der Waals surface area contributed by atoms with Crippen molar-refractivity contribution in [2.75, 3.05) is 17.0 Å². The average Bonchev–Trinajstić information content (AvgIpc) is 2.20. The van der Waals surface area contributed by atoms with Crippen LogP contribution in [0.4, 0.5) is 10.2 Å². The number of hydrogen-bond acceptors (Lipinski definition) is 4. The maximum atomic E-state index is 12.6. The summed E-state index contributed by atoms with van der Waals surface area (Å²) < 4.78 is 38.0. The van der Waals surface area contributed by atoms with Gasteiger partial charge in [0.25, 0.3) is 0 Å². The van der Waals surface area contributed by atoms with E-state index in [-0.39, 0.29) is 17.6 Å². The molecule has 0 aliphatic rings. The largest absolute Gasteiger partial charge is 0.313 e. The van der Waals surface area contributed by atoms with E-state index in [1.807, 2.05) is 13.8 Å². The lowest BCUT2D eigenvalue weighted by Gasteiger charge is -2.09. The van der Waals surface area contributed by atoms with Crippen molar-refractivity contribution in [2.24, 2.45) is 0 Å². The number of aromatic nitrogens is 1. The number of anilines is 1. The van der Waals surface area contributed by atoms with Crippen molar-refractivity contribution in [1.82, 2.24) is 10.3 Å². The summed E-state index contributed by atoms with van der Waals surface area (Å²) in [6.07, 6.45) is 0.963. The highest BCUT2D eigenvalue weighted by Crippen LogP contribution is 2.05. The second-order valence-electron chi connectivity index (χ2n) is 3.89. The molecule has 7 heteroatoms. The van der Waals surface area contributed by atoms with Crippen molar-refractivity contribution < 1.29 is 12.8 Å². The van der Waals surface area contributed by atoms with E-state index in [1.165, 1.54) is 6.07 Å². The Bertz CT molecular complexity index is 445. The normalized spacial score (nSPS) is 11.8. The molecule has 0 bridgehead atoms. The SMILES string of the molecule is CC(C)NCCS(=O)(=O)Nc1ccc(F)cn1. The molecule has 1 aromatic rings. The van der Waals surface area contributed by atoms with Crippen LogP contribution < -0.4 is 10.0 Å². The molecule has 0 fully saturated rings. The van der Waals surface area contributed by atoms with E-state index in [0.717, 1.165) is 12.3 Å². The maximum absolute atomic E-state index is 12.6. The molecule has 0 saturated heterocycles. The standard InChI is InChI=1S/C10H16FN3O2S/c1-8(2)12-5-6-17(15,16)14-10-4-3-9(11)7-13-10/h3-4,7-8,12H,5-6H2,1-2H3,(H,13,14). The third kappa shape index (κ3) is 5.60. The second kappa shape index (κ2) is 5.92. The molecular formula is C10H16FN3O2S. The monoisotopic (exact) mass is 261 g/mol. The van der Waals surface area contributed by atoms with E-state index in [1.54, 1.807) is 0 Å². The van der Waals surface area contributed by atoms with Crippen LogP contribution in [0.2, 0.25) is 0 Å².